The maximum Gasteiger partial charge on any atom is 0.303 e. The zero-order valence-electron chi connectivity index (χ0n) is 18.3. The summed E-state index contributed by atoms with van der Waals surface area (Å²) in [5, 5.41) is 11.6. The lowest BCUT2D eigenvalue weighted by Gasteiger charge is -2.12. The number of hydrogen-bond donors (Lipinski definition) is 2. The predicted molar refractivity (Wildman–Crippen MR) is 128 cm³/mol. The molecule has 0 aliphatic heterocycles. The van der Waals surface area contributed by atoms with Gasteiger partial charge >= 0.3 is 5.97 Å². The molecule has 4 aromatic rings. The van der Waals surface area contributed by atoms with E-state index in [-0.39, 0.29) is 12.3 Å². The van der Waals surface area contributed by atoms with E-state index in [1.54, 1.807) is 0 Å². The van der Waals surface area contributed by atoms with Crippen molar-refractivity contribution < 1.29 is 19.4 Å². The van der Waals surface area contributed by atoms with Crippen LogP contribution in [-0.2, 0) is 9.59 Å². The second-order valence-corrected chi connectivity index (χ2v) is 7.71. The molecule has 7 heteroatoms. The predicted octanol–water partition coefficient (Wildman–Crippen LogP) is 5.28. The Hall–Kier alpha value is -4.13. The van der Waals surface area contributed by atoms with Crippen LogP contribution in [0.1, 0.15) is 26.2 Å². The Kier molecular flexibility index (Phi) is 6.69. The number of rotatable bonds is 9. The van der Waals surface area contributed by atoms with Crippen LogP contribution in [0.2, 0.25) is 0 Å². The van der Waals surface area contributed by atoms with Gasteiger partial charge in [0.1, 0.15) is 11.6 Å². The average molecular weight is 444 g/mol. The van der Waals surface area contributed by atoms with E-state index in [1.807, 2.05) is 72.8 Å². The molecule has 0 atom stereocenters. The third kappa shape index (κ3) is 5.38. The number of aromatic nitrogens is 2. The molecule has 0 bridgehead atoms. The fourth-order valence-electron chi connectivity index (χ4n) is 3.65. The summed E-state index contributed by atoms with van der Waals surface area (Å²) >= 11 is 0. The third-order valence-corrected chi connectivity index (χ3v) is 5.16. The van der Waals surface area contributed by atoms with Gasteiger partial charge in [-0.25, -0.2) is 4.98 Å². The van der Waals surface area contributed by atoms with Crippen LogP contribution in [-0.4, -0.2) is 33.1 Å². The highest BCUT2D eigenvalue weighted by molar-refractivity contribution is 5.89. The number of benzene rings is 3. The number of imidazole rings is 1. The fraction of sp³-hybridized carbons (Fsp3) is 0.192. The quantitative estimate of drug-likeness (QED) is 0.343. The summed E-state index contributed by atoms with van der Waals surface area (Å²) in [6, 6.07) is 23.3. The van der Waals surface area contributed by atoms with E-state index in [2.05, 4.69) is 9.88 Å². The molecule has 0 aliphatic rings. The second-order valence-electron chi connectivity index (χ2n) is 7.71. The van der Waals surface area contributed by atoms with Crippen LogP contribution < -0.4 is 10.1 Å². The first-order valence-corrected chi connectivity index (χ1v) is 10.8. The number of amides is 1. The first-order valence-electron chi connectivity index (χ1n) is 10.8. The van der Waals surface area contributed by atoms with Crippen molar-refractivity contribution in [3.8, 4) is 22.8 Å². The van der Waals surface area contributed by atoms with E-state index in [4.69, 9.17) is 14.8 Å². The summed E-state index contributed by atoms with van der Waals surface area (Å²) in [6.45, 7) is 1.93. The van der Waals surface area contributed by atoms with Crippen molar-refractivity contribution in [3.05, 3.63) is 72.8 Å². The zero-order chi connectivity index (χ0) is 23.2. The number of unbranched alkanes of at least 4 members (excludes halogenated alkanes) is 1. The second kappa shape index (κ2) is 9.99. The van der Waals surface area contributed by atoms with Gasteiger partial charge in [0, 0.05) is 36.3 Å². The Balaban J connectivity index is 1.69. The fourth-order valence-corrected chi connectivity index (χ4v) is 3.65. The molecule has 1 aromatic heterocycles. The molecule has 33 heavy (non-hydrogen) atoms. The molecule has 3 aromatic carbocycles. The standard InChI is InChI=1S/C26H25N3O4/c1-18(30)27-20-10-12-21(13-11-20)29-24-17-22(33-16-6-5-9-25(31)32)14-15-23(24)28-26(29)19-7-3-2-4-8-19/h2-4,7-8,10-15,17H,5-6,9,16H2,1H3,(H,27,30)(H,31,32). The smallest absolute Gasteiger partial charge is 0.303 e. The topological polar surface area (TPSA) is 93.5 Å². The number of ether oxygens (including phenoxy) is 1. The highest BCUT2D eigenvalue weighted by Crippen LogP contribution is 2.31. The van der Waals surface area contributed by atoms with Crippen molar-refractivity contribution in [2.45, 2.75) is 26.2 Å². The Morgan fingerprint density at radius 3 is 2.45 bits per heavy atom. The van der Waals surface area contributed by atoms with Gasteiger partial charge in [-0.1, -0.05) is 30.3 Å². The number of carboxylic acid groups (broad SMARTS) is 1. The minimum atomic E-state index is -0.793. The lowest BCUT2D eigenvalue weighted by atomic mass is 10.2. The summed E-state index contributed by atoms with van der Waals surface area (Å²) in [6.07, 6.45) is 1.39. The number of aliphatic carboxylic acids is 1. The SMILES string of the molecule is CC(=O)Nc1ccc(-n2c(-c3ccccc3)nc3ccc(OCCCCC(=O)O)cc32)cc1. The van der Waals surface area contributed by atoms with Gasteiger partial charge in [-0.2, -0.15) is 0 Å². The minimum absolute atomic E-state index is 0.119. The van der Waals surface area contributed by atoms with Crippen molar-refractivity contribution in [3.63, 3.8) is 0 Å². The summed E-state index contributed by atoms with van der Waals surface area (Å²) in [7, 11) is 0. The molecule has 0 radical (unpaired) electrons. The highest BCUT2D eigenvalue weighted by Gasteiger charge is 2.15. The van der Waals surface area contributed by atoms with Crippen LogP contribution in [0.25, 0.3) is 28.1 Å². The Bertz CT molecular complexity index is 1260. The lowest BCUT2D eigenvalue weighted by Crippen LogP contribution is -2.06. The number of carbonyl (C=O) groups excluding carboxylic acids is 1. The Morgan fingerprint density at radius 1 is 1.00 bits per heavy atom. The van der Waals surface area contributed by atoms with Gasteiger partial charge in [0.15, 0.2) is 0 Å². The molecule has 168 valence electrons. The van der Waals surface area contributed by atoms with Crippen molar-refractivity contribution in [2.24, 2.45) is 0 Å². The third-order valence-electron chi connectivity index (χ3n) is 5.16. The molecule has 0 spiro atoms. The van der Waals surface area contributed by atoms with Gasteiger partial charge in [0.05, 0.1) is 17.6 Å². The van der Waals surface area contributed by atoms with Gasteiger partial charge < -0.3 is 15.2 Å². The van der Waals surface area contributed by atoms with Crippen LogP contribution in [0.5, 0.6) is 5.75 Å². The van der Waals surface area contributed by atoms with E-state index in [9.17, 15) is 9.59 Å². The summed E-state index contributed by atoms with van der Waals surface area (Å²) in [4.78, 5) is 26.9. The van der Waals surface area contributed by atoms with Crippen LogP contribution in [0.15, 0.2) is 72.8 Å². The largest absolute Gasteiger partial charge is 0.494 e. The molecule has 7 nitrogen and oxygen atoms in total. The van der Waals surface area contributed by atoms with Gasteiger partial charge in [-0.05, 0) is 49.2 Å². The molecule has 0 unspecified atom stereocenters. The molecule has 0 aliphatic carbocycles. The molecule has 1 amide bonds. The van der Waals surface area contributed by atoms with Gasteiger partial charge in [0.2, 0.25) is 5.91 Å². The van der Waals surface area contributed by atoms with Gasteiger partial charge in [-0.15, -0.1) is 0 Å². The van der Waals surface area contributed by atoms with Crippen LogP contribution in [0, 0.1) is 0 Å². The number of carbonyl (C=O) groups is 2. The zero-order valence-corrected chi connectivity index (χ0v) is 18.3. The summed E-state index contributed by atoms with van der Waals surface area (Å²) in [5.41, 5.74) is 4.34. The van der Waals surface area contributed by atoms with E-state index in [0.29, 0.717) is 25.2 Å². The number of hydrogen-bond acceptors (Lipinski definition) is 4. The van der Waals surface area contributed by atoms with E-state index < -0.39 is 5.97 Å². The van der Waals surface area contributed by atoms with E-state index in [0.717, 1.165) is 33.8 Å². The highest BCUT2D eigenvalue weighted by atomic mass is 16.5. The molecule has 0 saturated carbocycles. The first-order chi connectivity index (χ1) is 16.0. The molecular formula is C26H25N3O4. The summed E-state index contributed by atoms with van der Waals surface area (Å²) < 4.78 is 7.95. The van der Waals surface area contributed by atoms with E-state index in [1.165, 1.54) is 6.92 Å². The molecular weight excluding hydrogens is 418 g/mol. The van der Waals surface area contributed by atoms with Crippen LogP contribution in [0.3, 0.4) is 0 Å². The minimum Gasteiger partial charge on any atom is -0.494 e. The van der Waals surface area contributed by atoms with E-state index >= 15 is 0 Å². The Morgan fingerprint density at radius 2 is 1.76 bits per heavy atom. The normalized spacial score (nSPS) is 10.8. The maximum absolute atomic E-state index is 11.4. The lowest BCUT2D eigenvalue weighted by molar-refractivity contribution is -0.137. The maximum atomic E-state index is 11.4. The number of fused-ring (bicyclic) bond motifs is 1. The monoisotopic (exact) mass is 443 g/mol. The number of nitrogens with zero attached hydrogens (tertiary/aromatic N) is 2. The molecule has 1 heterocycles. The molecule has 0 saturated heterocycles. The summed E-state index contributed by atoms with van der Waals surface area (Å²) in [5.74, 6) is 0.592. The van der Waals surface area contributed by atoms with Crippen molar-refractivity contribution in [2.75, 3.05) is 11.9 Å². The van der Waals surface area contributed by atoms with Crippen LogP contribution >= 0.6 is 0 Å². The van der Waals surface area contributed by atoms with Crippen molar-refractivity contribution >= 4 is 28.6 Å². The van der Waals surface area contributed by atoms with Crippen molar-refractivity contribution in [1.82, 2.24) is 9.55 Å². The van der Waals surface area contributed by atoms with Crippen molar-refractivity contribution in [1.29, 1.82) is 0 Å². The number of carboxylic acids is 1. The number of anilines is 1. The molecule has 0 fully saturated rings. The first kappa shape index (κ1) is 22.1. The molecule has 4 rings (SSSR count). The number of nitrogens with one attached hydrogen (secondary N) is 1. The Labute approximate surface area is 191 Å². The van der Waals surface area contributed by atoms with Gasteiger partial charge in [0.25, 0.3) is 0 Å². The van der Waals surface area contributed by atoms with Crippen LogP contribution in [0.4, 0.5) is 5.69 Å². The van der Waals surface area contributed by atoms with Gasteiger partial charge in [-0.3, -0.25) is 14.2 Å². The average Bonchev–Trinajstić information content (AvgIpc) is 3.18. The molecule has 2 N–H and O–H groups in total.